The van der Waals surface area contributed by atoms with Gasteiger partial charge in [-0.25, -0.2) is 9.78 Å². The lowest BCUT2D eigenvalue weighted by Crippen LogP contribution is -2.20. The summed E-state index contributed by atoms with van der Waals surface area (Å²) < 4.78 is 12.1. The second-order valence-corrected chi connectivity index (χ2v) is 11.3. The first-order chi connectivity index (χ1) is 21.8. The normalized spacial score (nSPS) is 12.4. The average molecular weight is 600 g/mol. The van der Waals surface area contributed by atoms with Gasteiger partial charge in [0.05, 0.1) is 11.3 Å². The number of carboxylic acids is 1. The number of carbonyl (C=O) groups is 2. The van der Waals surface area contributed by atoms with Crippen molar-refractivity contribution in [1.82, 2.24) is 4.98 Å². The molecule has 226 valence electrons. The van der Waals surface area contributed by atoms with Crippen molar-refractivity contribution < 1.29 is 24.2 Å². The van der Waals surface area contributed by atoms with Gasteiger partial charge in [-0.2, -0.15) is 0 Å². The number of aromatic carboxylic acids is 1. The smallest absolute Gasteiger partial charge is 0.337 e. The van der Waals surface area contributed by atoms with E-state index in [1.807, 2.05) is 50.2 Å². The highest BCUT2D eigenvalue weighted by molar-refractivity contribution is 6.08. The summed E-state index contributed by atoms with van der Waals surface area (Å²) in [5, 5.41) is 16.4. The van der Waals surface area contributed by atoms with Gasteiger partial charge in [-0.3, -0.25) is 4.79 Å². The third kappa shape index (κ3) is 6.96. The number of nitrogens with zero attached hydrogens (tertiary/aromatic N) is 1. The highest BCUT2D eigenvalue weighted by Gasteiger charge is 2.23. The predicted molar refractivity (Wildman–Crippen MR) is 174 cm³/mol. The maximum atomic E-state index is 13.2. The van der Waals surface area contributed by atoms with Crippen LogP contribution in [0.15, 0.2) is 109 Å². The summed E-state index contributed by atoms with van der Waals surface area (Å²) in [6.07, 6.45) is 3.50. The summed E-state index contributed by atoms with van der Waals surface area (Å²) in [7, 11) is 0. The van der Waals surface area contributed by atoms with E-state index < -0.39 is 11.9 Å². The second kappa shape index (κ2) is 12.9. The summed E-state index contributed by atoms with van der Waals surface area (Å²) >= 11 is 0. The lowest BCUT2D eigenvalue weighted by molar-refractivity contribution is 0.0697. The number of pyridine rings is 1. The Morgan fingerprint density at radius 3 is 2.13 bits per heavy atom. The standard InChI is InChI=1S/C37H33N3O5/c1-23(2)31-21-33(40-36(41)24-12-14-29(15-13-24)44-28-10-4-3-5-11-28)32(37(42)43)22-34(31)45-30-16-17-38-35(20-30)39-27-18-25-8-6-7-9-26(25)19-27/h3-17,20-23,27H,18-19H2,1-2H3,(H,38,39)(H,40,41)(H,42,43). The van der Waals surface area contributed by atoms with Crippen LogP contribution in [-0.4, -0.2) is 28.0 Å². The molecule has 1 aromatic heterocycles. The van der Waals surface area contributed by atoms with Gasteiger partial charge in [0.2, 0.25) is 0 Å². The highest BCUT2D eigenvalue weighted by atomic mass is 16.5. The summed E-state index contributed by atoms with van der Waals surface area (Å²) in [6, 6.07) is 31.3. The van der Waals surface area contributed by atoms with E-state index in [1.165, 1.54) is 17.2 Å². The second-order valence-electron chi connectivity index (χ2n) is 11.3. The van der Waals surface area contributed by atoms with Crippen molar-refractivity contribution in [3.05, 3.63) is 137 Å². The van der Waals surface area contributed by atoms with Gasteiger partial charge in [0, 0.05) is 23.9 Å². The van der Waals surface area contributed by atoms with E-state index in [4.69, 9.17) is 9.47 Å². The Bertz CT molecular complexity index is 1810. The third-order valence-electron chi connectivity index (χ3n) is 7.71. The number of benzene rings is 4. The van der Waals surface area contributed by atoms with Crippen LogP contribution >= 0.6 is 0 Å². The molecule has 0 bridgehead atoms. The molecule has 0 aliphatic heterocycles. The Hall–Kier alpha value is -5.63. The number of fused-ring (bicyclic) bond motifs is 1. The SMILES string of the molecule is CC(C)c1cc(NC(=O)c2ccc(Oc3ccccc3)cc2)c(C(=O)O)cc1Oc1ccnc(NC2Cc3ccccc3C2)c1. The number of hydrogen-bond donors (Lipinski definition) is 3. The molecule has 0 unspecified atom stereocenters. The molecule has 45 heavy (non-hydrogen) atoms. The van der Waals surface area contributed by atoms with Gasteiger partial charge in [0.15, 0.2) is 0 Å². The molecule has 8 nitrogen and oxygen atoms in total. The van der Waals surface area contributed by atoms with E-state index in [2.05, 4.69) is 39.9 Å². The van der Waals surface area contributed by atoms with Gasteiger partial charge in [0.25, 0.3) is 5.91 Å². The largest absolute Gasteiger partial charge is 0.478 e. The molecule has 0 saturated heterocycles. The lowest BCUT2D eigenvalue weighted by Gasteiger charge is -2.19. The van der Waals surface area contributed by atoms with Crippen LogP contribution in [0.3, 0.4) is 0 Å². The number of aromatic nitrogens is 1. The molecule has 0 radical (unpaired) electrons. The number of amides is 1. The zero-order valence-corrected chi connectivity index (χ0v) is 25.0. The Morgan fingerprint density at radius 1 is 0.800 bits per heavy atom. The van der Waals surface area contributed by atoms with E-state index in [0.717, 1.165) is 18.4 Å². The molecule has 0 saturated carbocycles. The number of rotatable bonds is 10. The number of carbonyl (C=O) groups excluding carboxylic acids is 1. The Kier molecular flexibility index (Phi) is 8.46. The van der Waals surface area contributed by atoms with Gasteiger partial charge in [0.1, 0.15) is 28.8 Å². The van der Waals surface area contributed by atoms with Gasteiger partial charge in [-0.1, -0.05) is 56.3 Å². The summed E-state index contributed by atoms with van der Waals surface area (Å²) in [5.41, 5.74) is 3.90. The Morgan fingerprint density at radius 2 is 1.47 bits per heavy atom. The molecule has 1 aliphatic carbocycles. The van der Waals surface area contributed by atoms with Crippen LogP contribution in [0.5, 0.6) is 23.0 Å². The van der Waals surface area contributed by atoms with Gasteiger partial charge in [-0.15, -0.1) is 0 Å². The van der Waals surface area contributed by atoms with Crippen LogP contribution in [0.1, 0.15) is 57.2 Å². The molecule has 6 rings (SSSR count). The van der Waals surface area contributed by atoms with Crippen molar-refractivity contribution in [2.45, 2.75) is 38.6 Å². The summed E-state index contributed by atoms with van der Waals surface area (Å²) in [5.74, 6) is 1.21. The van der Waals surface area contributed by atoms with E-state index in [0.29, 0.717) is 34.4 Å². The zero-order chi connectivity index (χ0) is 31.3. The predicted octanol–water partition coefficient (Wildman–Crippen LogP) is 8.32. The molecule has 4 aromatic carbocycles. The van der Waals surface area contributed by atoms with Gasteiger partial charge in [-0.05, 0) is 90.0 Å². The van der Waals surface area contributed by atoms with E-state index in [9.17, 15) is 14.7 Å². The molecule has 1 amide bonds. The van der Waals surface area contributed by atoms with Crippen LogP contribution in [0.4, 0.5) is 11.5 Å². The topological polar surface area (TPSA) is 110 Å². The van der Waals surface area contributed by atoms with Crippen molar-refractivity contribution >= 4 is 23.4 Å². The quantitative estimate of drug-likeness (QED) is 0.148. The highest BCUT2D eigenvalue weighted by Crippen LogP contribution is 2.36. The first kappa shape index (κ1) is 29.4. The number of anilines is 2. The van der Waals surface area contributed by atoms with Crippen molar-refractivity contribution in [3.63, 3.8) is 0 Å². The van der Waals surface area contributed by atoms with E-state index in [-0.39, 0.29) is 23.2 Å². The van der Waals surface area contributed by atoms with E-state index >= 15 is 0 Å². The molecule has 5 aromatic rings. The molecule has 8 heteroatoms. The maximum Gasteiger partial charge on any atom is 0.337 e. The average Bonchev–Trinajstić information content (AvgIpc) is 3.44. The number of ether oxygens (including phenoxy) is 2. The Balaban J connectivity index is 1.19. The van der Waals surface area contributed by atoms with Crippen molar-refractivity contribution in [1.29, 1.82) is 0 Å². The molecule has 1 aliphatic rings. The molecule has 0 fully saturated rings. The number of nitrogens with one attached hydrogen (secondary N) is 2. The molecule has 0 atom stereocenters. The zero-order valence-electron chi connectivity index (χ0n) is 25.0. The van der Waals surface area contributed by atoms with E-state index in [1.54, 1.807) is 42.6 Å². The van der Waals surface area contributed by atoms with Gasteiger partial charge >= 0.3 is 5.97 Å². The summed E-state index contributed by atoms with van der Waals surface area (Å²) in [6.45, 7) is 3.97. The number of para-hydroxylation sites is 1. The molecule has 0 spiro atoms. The fourth-order valence-corrected chi connectivity index (χ4v) is 5.46. The van der Waals surface area contributed by atoms with Crippen LogP contribution in [0.2, 0.25) is 0 Å². The first-order valence-corrected chi connectivity index (χ1v) is 14.8. The van der Waals surface area contributed by atoms with Crippen LogP contribution in [0, 0.1) is 0 Å². The number of carboxylic acid groups (broad SMARTS) is 1. The first-order valence-electron chi connectivity index (χ1n) is 14.8. The van der Waals surface area contributed by atoms with Crippen LogP contribution < -0.4 is 20.1 Å². The molecule has 1 heterocycles. The van der Waals surface area contributed by atoms with Crippen LogP contribution in [0.25, 0.3) is 0 Å². The molecule has 3 N–H and O–H groups in total. The number of hydrogen-bond acceptors (Lipinski definition) is 6. The minimum Gasteiger partial charge on any atom is -0.478 e. The van der Waals surface area contributed by atoms with Crippen molar-refractivity contribution in [3.8, 4) is 23.0 Å². The molecular formula is C37H33N3O5. The minimum atomic E-state index is -1.19. The van der Waals surface area contributed by atoms with Crippen LogP contribution in [-0.2, 0) is 12.8 Å². The maximum absolute atomic E-state index is 13.2. The molecular weight excluding hydrogens is 566 g/mol. The van der Waals surface area contributed by atoms with Gasteiger partial charge < -0.3 is 25.2 Å². The minimum absolute atomic E-state index is 0.0238. The van der Waals surface area contributed by atoms with Crippen molar-refractivity contribution in [2.24, 2.45) is 0 Å². The fourth-order valence-electron chi connectivity index (χ4n) is 5.46. The monoisotopic (exact) mass is 599 g/mol. The third-order valence-corrected chi connectivity index (χ3v) is 7.71. The lowest BCUT2D eigenvalue weighted by atomic mass is 9.98. The Labute approximate surface area is 261 Å². The van der Waals surface area contributed by atoms with Crippen molar-refractivity contribution in [2.75, 3.05) is 10.6 Å². The summed E-state index contributed by atoms with van der Waals surface area (Å²) in [4.78, 5) is 30.0. The fraction of sp³-hybridized carbons (Fsp3) is 0.162.